The van der Waals surface area contributed by atoms with Crippen LogP contribution in [0, 0.1) is 5.92 Å². The van der Waals surface area contributed by atoms with Gasteiger partial charge in [0.2, 0.25) is 0 Å². The van der Waals surface area contributed by atoms with Crippen molar-refractivity contribution in [1.29, 1.82) is 0 Å². The van der Waals surface area contributed by atoms with Crippen molar-refractivity contribution in [3.05, 3.63) is 11.6 Å². The van der Waals surface area contributed by atoms with Gasteiger partial charge in [0.05, 0.1) is 11.5 Å². The first-order valence-corrected chi connectivity index (χ1v) is 5.26. The quantitative estimate of drug-likeness (QED) is 0.661. The molecule has 0 radical (unpaired) electrons. The number of carboxylic acid groups (broad SMARTS) is 1. The maximum absolute atomic E-state index is 10.6. The van der Waals surface area contributed by atoms with E-state index in [4.69, 9.17) is 5.11 Å². The van der Waals surface area contributed by atoms with Crippen LogP contribution in [-0.4, -0.2) is 21.8 Å². The van der Waals surface area contributed by atoms with Gasteiger partial charge in [-0.15, -0.1) is 0 Å². The van der Waals surface area contributed by atoms with E-state index in [2.05, 4.69) is 6.08 Å². The number of carboxylic acids is 1. The standard InChI is InChI=1S/C11H16O3/c12-10(13)8-6-11(14,7-8)9-4-2-1-3-5-9/h4,8,14H,1-3,5-7H2,(H,12,13). The molecule has 1 fully saturated rings. The molecule has 0 atom stereocenters. The molecule has 0 aromatic rings. The van der Waals surface area contributed by atoms with Gasteiger partial charge < -0.3 is 10.2 Å². The van der Waals surface area contributed by atoms with Gasteiger partial charge in [-0.3, -0.25) is 4.79 Å². The first-order valence-electron chi connectivity index (χ1n) is 5.26. The minimum Gasteiger partial charge on any atom is -0.481 e. The van der Waals surface area contributed by atoms with E-state index >= 15 is 0 Å². The highest BCUT2D eigenvalue weighted by Gasteiger charge is 2.48. The average Bonchev–Trinajstić information content (AvgIpc) is 2.14. The Labute approximate surface area is 83.4 Å². The van der Waals surface area contributed by atoms with Crippen molar-refractivity contribution in [2.45, 2.75) is 44.1 Å². The number of allylic oxidation sites excluding steroid dienone is 1. The number of hydrogen-bond donors (Lipinski definition) is 2. The van der Waals surface area contributed by atoms with E-state index < -0.39 is 11.6 Å². The number of aliphatic carboxylic acids is 1. The molecule has 0 unspecified atom stereocenters. The van der Waals surface area contributed by atoms with Gasteiger partial charge >= 0.3 is 5.97 Å². The van der Waals surface area contributed by atoms with Crippen LogP contribution in [0.25, 0.3) is 0 Å². The summed E-state index contributed by atoms with van der Waals surface area (Å²) in [6.45, 7) is 0. The van der Waals surface area contributed by atoms with Gasteiger partial charge in [0.15, 0.2) is 0 Å². The van der Waals surface area contributed by atoms with Crippen LogP contribution >= 0.6 is 0 Å². The van der Waals surface area contributed by atoms with Crippen molar-refractivity contribution in [3.8, 4) is 0 Å². The van der Waals surface area contributed by atoms with Gasteiger partial charge in [-0.1, -0.05) is 6.08 Å². The van der Waals surface area contributed by atoms with Gasteiger partial charge in [0.25, 0.3) is 0 Å². The molecule has 1 saturated carbocycles. The van der Waals surface area contributed by atoms with E-state index in [1.165, 1.54) is 6.42 Å². The third-order valence-corrected chi connectivity index (χ3v) is 3.41. The first kappa shape index (κ1) is 9.71. The maximum Gasteiger partial charge on any atom is 0.306 e. The molecule has 2 rings (SSSR count). The molecule has 0 aliphatic heterocycles. The topological polar surface area (TPSA) is 57.5 Å². The number of aliphatic hydroxyl groups is 1. The van der Waals surface area contributed by atoms with Crippen molar-refractivity contribution in [1.82, 2.24) is 0 Å². The Balaban J connectivity index is 1.99. The monoisotopic (exact) mass is 196 g/mol. The van der Waals surface area contributed by atoms with Crippen LogP contribution in [-0.2, 0) is 4.79 Å². The molecule has 0 saturated heterocycles. The summed E-state index contributed by atoms with van der Waals surface area (Å²) in [6.07, 6.45) is 7.23. The SMILES string of the molecule is O=C(O)C1CC(O)(C2=CCCCC2)C1. The van der Waals surface area contributed by atoms with Crippen molar-refractivity contribution in [2.75, 3.05) is 0 Å². The molecule has 2 aliphatic carbocycles. The van der Waals surface area contributed by atoms with Crippen LogP contribution in [0.1, 0.15) is 38.5 Å². The Morgan fingerprint density at radius 1 is 1.43 bits per heavy atom. The molecule has 14 heavy (non-hydrogen) atoms. The minimum atomic E-state index is -0.774. The normalized spacial score (nSPS) is 37.2. The van der Waals surface area contributed by atoms with Gasteiger partial charge in [-0.05, 0) is 44.1 Å². The third-order valence-electron chi connectivity index (χ3n) is 3.41. The predicted octanol–water partition coefficient (Wildman–Crippen LogP) is 1.71. The summed E-state index contributed by atoms with van der Waals surface area (Å²) in [5.41, 5.74) is 0.310. The fraction of sp³-hybridized carbons (Fsp3) is 0.727. The van der Waals surface area contributed by atoms with E-state index in [0.717, 1.165) is 24.8 Å². The lowest BCUT2D eigenvalue weighted by atomic mass is 9.65. The molecule has 2 aliphatic rings. The van der Waals surface area contributed by atoms with Gasteiger partial charge in [-0.2, -0.15) is 0 Å². The zero-order valence-corrected chi connectivity index (χ0v) is 8.20. The van der Waals surface area contributed by atoms with E-state index in [0.29, 0.717) is 12.8 Å². The van der Waals surface area contributed by atoms with Crippen LogP contribution in [0.2, 0.25) is 0 Å². The zero-order valence-electron chi connectivity index (χ0n) is 8.20. The third kappa shape index (κ3) is 1.57. The molecule has 3 nitrogen and oxygen atoms in total. The van der Waals surface area contributed by atoms with Gasteiger partial charge in [0, 0.05) is 0 Å². The Morgan fingerprint density at radius 3 is 2.64 bits per heavy atom. The highest BCUT2D eigenvalue weighted by molar-refractivity contribution is 5.72. The summed E-state index contributed by atoms with van der Waals surface area (Å²) >= 11 is 0. The molecule has 0 heterocycles. The average molecular weight is 196 g/mol. The Kier molecular flexibility index (Phi) is 2.35. The van der Waals surface area contributed by atoms with Gasteiger partial charge in [0.1, 0.15) is 0 Å². The summed E-state index contributed by atoms with van der Waals surface area (Å²) in [7, 11) is 0. The molecule has 0 spiro atoms. The van der Waals surface area contributed by atoms with E-state index in [1.807, 2.05) is 0 Å². The molecule has 3 heteroatoms. The molecule has 0 aromatic carbocycles. The predicted molar refractivity (Wildman–Crippen MR) is 51.9 cm³/mol. The highest BCUT2D eigenvalue weighted by atomic mass is 16.4. The number of rotatable bonds is 2. The summed E-state index contributed by atoms with van der Waals surface area (Å²) in [4.78, 5) is 10.6. The Hall–Kier alpha value is -0.830. The first-order chi connectivity index (χ1) is 6.62. The number of hydrogen-bond acceptors (Lipinski definition) is 2. The second-order valence-corrected chi connectivity index (χ2v) is 4.45. The highest BCUT2D eigenvalue weighted by Crippen LogP contribution is 2.45. The van der Waals surface area contributed by atoms with Gasteiger partial charge in [-0.25, -0.2) is 0 Å². The summed E-state index contributed by atoms with van der Waals surface area (Å²) in [5, 5.41) is 18.9. The van der Waals surface area contributed by atoms with Crippen LogP contribution in [0.5, 0.6) is 0 Å². The second kappa shape index (κ2) is 3.39. The zero-order chi connectivity index (χ0) is 10.2. The van der Waals surface area contributed by atoms with Crippen molar-refractivity contribution in [3.63, 3.8) is 0 Å². The van der Waals surface area contributed by atoms with E-state index in [-0.39, 0.29) is 5.92 Å². The van der Waals surface area contributed by atoms with Crippen molar-refractivity contribution < 1.29 is 15.0 Å². The molecule has 0 aromatic heterocycles. The van der Waals surface area contributed by atoms with E-state index in [1.54, 1.807) is 0 Å². The molecule has 0 amide bonds. The lowest BCUT2D eigenvalue weighted by molar-refractivity contribution is -0.154. The van der Waals surface area contributed by atoms with Crippen molar-refractivity contribution >= 4 is 5.97 Å². The molecule has 0 bridgehead atoms. The maximum atomic E-state index is 10.6. The Morgan fingerprint density at radius 2 is 2.14 bits per heavy atom. The minimum absolute atomic E-state index is 0.331. The number of carbonyl (C=O) groups is 1. The fourth-order valence-corrected chi connectivity index (χ4v) is 2.45. The van der Waals surface area contributed by atoms with Crippen LogP contribution < -0.4 is 0 Å². The molecular formula is C11H16O3. The second-order valence-electron chi connectivity index (χ2n) is 4.45. The summed E-state index contributed by atoms with van der Waals surface area (Å²) < 4.78 is 0. The largest absolute Gasteiger partial charge is 0.481 e. The lowest BCUT2D eigenvalue weighted by Gasteiger charge is -2.44. The van der Waals surface area contributed by atoms with Crippen LogP contribution in [0.3, 0.4) is 0 Å². The molecule has 78 valence electrons. The Bertz CT molecular complexity index is 274. The molecule has 2 N–H and O–H groups in total. The van der Waals surface area contributed by atoms with Crippen molar-refractivity contribution in [2.24, 2.45) is 5.92 Å². The smallest absolute Gasteiger partial charge is 0.306 e. The van der Waals surface area contributed by atoms with E-state index in [9.17, 15) is 9.90 Å². The molecular weight excluding hydrogens is 180 g/mol. The lowest BCUT2D eigenvalue weighted by Crippen LogP contribution is -2.48. The fourth-order valence-electron chi connectivity index (χ4n) is 2.45. The van der Waals surface area contributed by atoms with Crippen LogP contribution in [0.4, 0.5) is 0 Å². The summed E-state index contributed by atoms with van der Waals surface area (Å²) in [6, 6.07) is 0. The van der Waals surface area contributed by atoms with Crippen LogP contribution in [0.15, 0.2) is 11.6 Å². The summed E-state index contributed by atoms with van der Waals surface area (Å²) in [5.74, 6) is -1.10.